The van der Waals surface area contributed by atoms with Crippen molar-refractivity contribution in [2.24, 2.45) is 0 Å². The molecule has 8 heteroatoms. The number of nitrogens with one attached hydrogen (secondary N) is 2. The van der Waals surface area contributed by atoms with Gasteiger partial charge >= 0.3 is 0 Å². The van der Waals surface area contributed by atoms with Gasteiger partial charge in [-0.2, -0.15) is 5.10 Å². The third-order valence-electron chi connectivity index (χ3n) is 5.38. The average molecular weight is 462 g/mol. The quantitative estimate of drug-likeness (QED) is 0.485. The molecule has 2 aromatic heterocycles. The summed E-state index contributed by atoms with van der Waals surface area (Å²) >= 11 is 1.89. The summed E-state index contributed by atoms with van der Waals surface area (Å²) in [5.41, 5.74) is 4.16. The number of hydrogen-bond acceptors (Lipinski definition) is 6. The lowest BCUT2D eigenvalue weighted by Crippen LogP contribution is -2.29. The molecule has 3 aromatic rings. The molecule has 1 fully saturated rings. The first-order valence-corrected chi connectivity index (χ1v) is 11.7. The van der Waals surface area contributed by atoms with Gasteiger partial charge in [-0.25, -0.2) is 9.50 Å². The van der Waals surface area contributed by atoms with E-state index in [1.165, 1.54) is 12.8 Å². The van der Waals surface area contributed by atoms with Gasteiger partial charge < -0.3 is 15.4 Å². The number of fused-ring (bicyclic) bond motifs is 1. The van der Waals surface area contributed by atoms with Crippen molar-refractivity contribution >= 4 is 35.5 Å². The topological polar surface area (TPSA) is 63.5 Å². The Morgan fingerprint density at radius 2 is 2.03 bits per heavy atom. The zero-order valence-corrected chi connectivity index (χ0v) is 20.1. The largest absolute Gasteiger partial charge is 0.494 e. The van der Waals surface area contributed by atoms with E-state index in [9.17, 15) is 0 Å². The van der Waals surface area contributed by atoms with Crippen LogP contribution in [0.1, 0.15) is 50.8 Å². The van der Waals surface area contributed by atoms with E-state index in [2.05, 4.69) is 41.6 Å². The van der Waals surface area contributed by atoms with Crippen LogP contribution in [0.5, 0.6) is 5.75 Å². The highest BCUT2D eigenvalue weighted by Crippen LogP contribution is 2.32. The minimum absolute atomic E-state index is 0. The normalized spacial score (nSPS) is 14.6. The molecule has 1 aliphatic rings. The van der Waals surface area contributed by atoms with Gasteiger partial charge in [0.05, 0.1) is 24.2 Å². The summed E-state index contributed by atoms with van der Waals surface area (Å²) in [5.74, 6) is 1.28. The van der Waals surface area contributed by atoms with Gasteiger partial charge in [-0.15, -0.1) is 24.2 Å². The van der Waals surface area contributed by atoms with Crippen molar-refractivity contribution in [1.82, 2.24) is 19.9 Å². The van der Waals surface area contributed by atoms with E-state index in [0.29, 0.717) is 24.3 Å². The molecule has 2 N–H and O–H groups in total. The molecule has 0 radical (unpaired) electrons. The van der Waals surface area contributed by atoms with E-state index < -0.39 is 0 Å². The van der Waals surface area contributed by atoms with Crippen LogP contribution in [-0.4, -0.2) is 39.5 Å². The van der Waals surface area contributed by atoms with E-state index in [0.717, 1.165) is 46.5 Å². The van der Waals surface area contributed by atoms with Crippen molar-refractivity contribution in [3.63, 3.8) is 0 Å². The smallest absolute Gasteiger partial charge is 0.177 e. The van der Waals surface area contributed by atoms with Crippen LogP contribution in [0.15, 0.2) is 41.6 Å². The number of imidazole rings is 1. The van der Waals surface area contributed by atoms with Gasteiger partial charge in [0.25, 0.3) is 0 Å². The summed E-state index contributed by atoms with van der Waals surface area (Å²) < 4.78 is 7.81. The number of aromatic nitrogens is 3. The van der Waals surface area contributed by atoms with Gasteiger partial charge in [-0.05, 0) is 50.9 Å². The van der Waals surface area contributed by atoms with Crippen LogP contribution in [0, 0.1) is 0 Å². The SMILES string of the molecule is CCOc1ccccc1CNc1cc(SC2CCNCC2)nn2c(C(C)C)cnc12.Cl. The van der Waals surface area contributed by atoms with Gasteiger partial charge in [-0.1, -0.05) is 32.0 Å². The third kappa shape index (κ3) is 5.64. The first-order valence-electron chi connectivity index (χ1n) is 10.9. The molecule has 0 aliphatic carbocycles. The van der Waals surface area contributed by atoms with Crippen molar-refractivity contribution in [3.05, 3.63) is 47.8 Å². The first kappa shape index (κ1) is 23.7. The maximum Gasteiger partial charge on any atom is 0.177 e. The lowest BCUT2D eigenvalue weighted by Gasteiger charge is -2.22. The van der Waals surface area contributed by atoms with Crippen molar-refractivity contribution in [1.29, 1.82) is 0 Å². The Labute approximate surface area is 195 Å². The lowest BCUT2D eigenvalue weighted by molar-refractivity contribution is 0.337. The molecule has 1 saturated heterocycles. The van der Waals surface area contributed by atoms with Crippen LogP contribution in [0.2, 0.25) is 0 Å². The van der Waals surface area contributed by atoms with Crippen LogP contribution in [-0.2, 0) is 6.54 Å². The second-order valence-electron chi connectivity index (χ2n) is 7.93. The number of anilines is 1. The molecule has 168 valence electrons. The number of halogens is 1. The van der Waals surface area contributed by atoms with Gasteiger partial charge in [0, 0.05) is 17.4 Å². The summed E-state index contributed by atoms with van der Waals surface area (Å²) in [6.45, 7) is 9.89. The van der Waals surface area contributed by atoms with Crippen LogP contribution < -0.4 is 15.4 Å². The monoisotopic (exact) mass is 461 g/mol. The molecule has 0 saturated carbocycles. The van der Waals surface area contributed by atoms with Crippen molar-refractivity contribution < 1.29 is 4.74 Å². The highest BCUT2D eigenvalue weighted by molar-refractivity contribution is 7.99. The van der Waals surface area contributed by atoms with Gasteiger partial charge in [0.1, 0.15) is 10.8 Å². The fourth-order valence-electron chi connectivity index (χ4n) is 3.77. The summed E-state index contributed by atoms with van der Waals surface area (Å²) in [7, 11) is 0. The van der Waals surface area contributed by atoms with Crippen molar-refractivity contribution in [2.75, 3.05) is 25.0 Å². The molecule has 0 bridgehead atoms. The Balaban J connectivity index is 0.00000272. The predicted molar refractivity (Wildman–Crippen MR) is 131 cm³/mol. The molecule has 0 amide bonds. The number of para-hydroxylation sites is 1. The first-order chi connectivity index (χ1) is 14.7. The van der Waals surface area contributed by atoms with E-state index in [-0.39, 0.29) is 12.4 Å². The number of ether oxygens (including phenoxy) is 1. The zero-order chi connectivity index (χ0) is 20.9. The minimum atomic E-state index is 0. The number of benzene rings is 1. The van der Waals surface area contributed by atoms with E-state index in [4.69, 9.17) is 9.84 Å². The van der Waals surface area contributed by atoms with E-state index in [1.807, 2.05) is 47.6 Å². The number of thioether (sulfide) groups is 1. The molecule has 0 atom stereocenters. The van der Waals surface area contributed by atoms with E-state index >= 15 is 0 Å². The molecule has 0 unspecified atom stereocenters. The minimum Gasteiger partial charge on any atom is -0.494 e. The Hall–Kier alpha value is -1.96. The van der Waals surface area contributed by atoms with E-state index in [1.54, 1.807) is 0 Å². The van der Waals surface area contributed by atoms with Crippen LogP contribution >= 0.6 is 24.2 Å². The van der Waals surface area contributed by atoms with Crippen LogP contribution in [0.4, 0.5) is 5.69 Å². The second-order valence-corrected chi connectivity index (χ2v) is 9.25. The Morgan fingerprint density at radius 3 is 2.77 bits per heavy atom. The Kier molecular flexibility index (Phi) is 8.46. The van der Waals surface area contributed by atoms with Gasteiger partial charge in [0.15, 0.2) is 5.65 Å². The molecular formula is C23H32ClN5OS. The molecular weight excluding hydrogens is 430 g/mol. The average Bonchev–Trinajstić information content (AvgIpc) is 3.18. The molecule has 1 aromatic carbocycles. The van der Waals surface area contributed by atoms with Gasteiger partial charge in [0.2, 0.25) is 0 Å². The van der Waals surface area contributed by atoms with Crippen LogP contribution in [0.3, 0.4) is 0 Å². The molecule has 31 heavy (non-hydrogen) atoms. The maximum absolute atomic E-state index is 5.79. The summed E-state index contributed by atoms with van der Waals surface area (Å²) in [4.78, 5) is 4.69. The van der Waals surface area contributed by atoms with Crippen molar-refractivity contribution in [3.8, 4) is 5.75 Å². The Morgan fingerprint density at radius 1 is 1.26 bits per heavy atom. The highest BCUT2D eigenvalue weighted by atomic mass is 35.5. The Bertz CT molecular complexity index is 987. The number of hydrogen-bond donors (Lipinski definition) is 2. The zero-order valence-electron chi connectivity index (χ0n) is 18.4. The fourth-order valence-corrected chi connectivity index (χ4v) is 4.89. The fraction of sp³-hybridized carbons (Fsp3) is 0.478. The standard InChI is InChI=1S/C23H31N5OS.ClH/c1-4-29-21-8-6-5-7-17(21)14-25-19-13-22(30-18-9-11-24-12-10-18)27-28-20(16(2)3)15-26-23(19)28;/h5-8,13,15-16,18,24-25H,4,9-12,14H2,1-3H3;1H. The summed E-state index contributed by atoms with van der Waals surface area (Å²) in [5, 5.41) is 13.6. The molecule has 6 nitrogen and oxygen atoms in total. The summed E-state index contributed by atoms with van der Waals surface area (Å²) in [6, 6.07) is 10.3. The third-order valence-corrected chi connectivity index (χ3v) is 6.62. The molecule has 3 heterocycles. The van der Waals surface area contributed by atoms with Gasteiger partial charge in [-0.3, -0.25) is 0 Å². The number of rotatable bonds is 8. The number of nitrogens with zero attached hydrogens (tertiary/aromatic N) is 3. The predicted octanol–water partition coefficient (Wildman–Crippen LogP) is 5.13. The lowest BCUT2D eigenvalue weighted by atomic mass is 10.1. The number of piperidine rings is 1. The van der Waals surface area contributed by atoms with Crippen LogP contribution in [0.25, 0.3) is 5.65 Å². The second kappa shape index (κ2) is 11.1. The molecule has 0 spiro atoms. The highest BCUT2D eigenvalue weighted by Gasteiger charge is 2.19. The van der Waals surface area contributed by atoms with Crippen molar-refractivity contribution in [2.45, 2.75) is 56.4 Å². The summed E-state index contributed by atoms with van der Waals surface area (Å²) in [6.07, 6.45) is 4.30. The molecule has 4 rings (SSSR count). The molecule has 1 aliphatic heterocycles. The maximum atomic E-state index is 5.79.